The van der Waals surface area contributed by atoms with E-state index in [4.69, 9.17) is 5.11 Å². The van der Waals surface area contributed by atoms with E-state index in [0.717, 1.165) is 16.5 Å². The minimum atomic E-state index is -0.823. The van der Waals surface area contributed by atoms with E-state index in [1.807, 2.05) is 0 Å². The highest BCUT2D eigenvalue weighted by atomic mass is 79.9. The summed E-state index contributed by atoms with van der Waals surface area (Å²) in [7, 11) is 0. The van der Waals surface area contributed by atoms with Gasteiger partial charge < -0.3 is 5.11 Å². The van der Waals surface area contributed by atoms with Gasteiger partial charge >= 0.3 is 5.97 Å². The van der Waals surface area contributed by atoms with E-state index < -0.39 is 11.5 Å². The average Bonchev–Trinajstić information content (AvgIpc) is 2.21. The van der Waals surface area contributed by atoms with E-state index in [9.17, 15) is 9.18 Å². The van der Waals surface area contributed by atoms with Crippen molar-refractivity contribution < 1.29 is 14.3 Å². The predicted octanol–water partition coefficient (Wildman–Crippen LogP) is 2.69. The maximum Gasteiger partial charge on any atom is 0.323 e. The van der Waals surface area contributed by atoms with Crippen LogP contribution in [0.5, 0.6) is 0 Å². The SMILES string of the molecule is O=C(O)C1(NCc2cc(F)ccc2Br)CCC1. The van der Waals surface area contributed by atoms with Crippen LogP contribution < -0.4 is 5.32 Å². The van der Waals surface area contributed by atoms with E-state index in [-0.39, 0.29) is 5.82 Å². The molecule has 0 amide bonds. The molecule has 1 aromatic rings. The van der Waals surface area contributed by atoms with Crippen LogP contribution >= 0.6 is 15.9 Å². The Kier molecular flexibility index (Phi) is 3.49. The van der Waals surface area contributed by atoms with Gasteiger partial charge in [0, 0.05) is 11.0 Å². The first-order valence-corrected chi connectivity index (χ1v) is 6.25. The first-order chi connectivity index (χ1) is 8.03. The van der Waals surface area contributed by atoms with Crippen LogP contribution in [-0.2, 0) is 11.3 Å². The Morgan fingerprint density at radius 3 is 2.76 bits per heavy atom. The van der Waals surface area contributed by atoms with Gasteiger partial charge in [0.15, 0.2) is 0 Å². The van der Waals surface area contributed by atoms with Crippen LogP contribution in [0.4, 0.5) is 4.39 Å². The molecule has 0 bridgehead atoms. The number of hydrogen-bond acceptors (Lipinski definition) is 2. The highest BCUT2D eigenvalue weighted by Gasteiger charge is 2.43. The number of carboxylic acid groups (broad SMARTS) is 1. The van der Waals surface area contributed by atoms with Crippen molar-refractivity contribution in [3.63, 3.8) is 0 Å². The van der Waals surface area contributed by atoms with Crippen molar-refractivity contribution in [1.29, 1.82) is 0 Å². The topological polar surface area (TPSA) is 49.3 Å². The van der Waals surface area contributed by atoms with E-state index in [1.165, 1.54) is 12.1 Å². The fraction of sp³-hybridized carbons (Fsp3) is 0.417. The van der Waals surface area contributed by atoms with Crippen molar-refractivity contribution in [2.75, 3.05) is 0 Å². The van der Waals surface area contributed by atoms with Crippen molar-refractivity contribution in [3.05, 3.63) is 34.1 Å². The smallest absolute Gasteiger partial charge is 0.323 e. The van der Waals surface area contributed by atoms with E-state index in [2.05, 4.69) is 21.2 Å². The molecule has 1 saturated carbocycles. The second-order valence-corrected chi connectivity index (χ2v) is 5.18. The van der Waals surface area contributed by atoms with E-state index in [1.54, 1.807) is 6.07 Å². The molecule has 2 N–H and O–H groups in total. The lowest BCUT2D eigenvalue weighted by Gasteiger charge is -2.38. The minimum absolute atomic E-state index is 0.317. The molecule has 92 valence electrons. The highest BCUT2D eigenvalue weighted by molar-refractivity contribution is 9.10. The summed E-state index contributed by atoms with van der Waals surface area (Å²) in [5.41, 5.74) is -0.0799. The van der Waals surface area contributed by atoms with Gasteiger partial charge in [-0.1, -0.05) is 15.9 Å². The predicted molar refractivity (Wildman–Crippen MR) is 65.2 cm³/mol. The van der Waals surface area contributed by atoms with Crippen molar-refractivity contribution >= 4 is 21.9 Å². The Labute approximate surface area is 107 Å². The number of carboxylic acids is 1. The summed E-state index contributed by atoms with van der Waals surface area (Å²) < 4.78 is 13.8. The largest absolute Gasteiger partial charge is 0.480 e. The second kappa shape index (κ2) is 4.74. The molecular formula is C12H13BrFNO2. The van der Waals surface area contributed by atoms with Gasteiger partial charge in [-0.15, -0.1) is 0 Å². The fourth-order valence-corrected chi connectivity index (χ4v) is 2.33. The Morgan fingerprint density at radius 2 is 2.24 bits per heavy atom. The Hall–Kier alpha value is -0.940. The molecule has 0 aliphatic heterocycles. The third-order valence-corrected chi connectivity index (χ3v) is 4.02. The molecule has 1 aliphatic rings. The molecule has 0 radical (unpaired) electrons. The molecule has 1 fully saturated rings. The quantitative estimate of drug-likeness (QED) is 0.899. The lowest BCUT2D eigenvalue weighted by Crippen LogP contribution is -2.56. The number of nitrogens with one attached hydrogen (secondary N) is 1. The van der Waals surface area contributed by atoms with Crippen LogP contribution in [0.25, 0.3) is 0 Å². The van der Waals surface area contributed by atoms with Crippen molar-refractivity contribution in [1.82, 2.24) is 5.32 Å². The third kappa shape index (κ3) is 2.50. The number of benzene rings is 1. The molecule has 0 aromatic heterocycles. The molecule has 0 saturated heterocycles. The summed E-state index contributed by atoms with van der Waals surface area (Å²) in [4.78, 5) is 11.1. The number of halogens is 2. The lowest BCUT2D eigenvalue weighted by molar-refractivity contribution is -0.148. The van der Waals surface area contributed by atoms with Gasteiger partial charge in [0.2, 0.25) is 0 Å². The first-order valence-electron chi connectivity index (χ1n) is 5.46. The van der Waals surface area contributed by atoms with Crippen molar-refractivity contribution in [2.24, 2.45) is 0 Å². The Bertz CT molecular complexity index is 446. The summed E-state index contributed by atoms with van der Waals surface area (Å²) in [6, 6.07) is 4.40. The molecule has 1 aromatic carbocycles. The van der Waals surface area contributed by atoms with Gasteiger partial charge in [0.1, 0.15) is 11.4 Å². The van der Waals surface area contributed by atoms with Gasteiger partial charge in [-0.3, -0.25) is 10.1 Å². The zero-order chi connectivity index (χ0) is 12.5. The number of rotatable bonds is 4. The first kappa shape index (κ1) is 12.5. The standard InChI is InChI=1S/C12H13BrFNO2/c13-10-3-2-9(14)6-8(10)7-15-12(11(16)17)4-1-5-12/h2-3,6,15H,1,4-5,7H2,(H,16,17). The second-order valence-electron chi connectivity index (χ2n) is 4.33. The van der Waals surface area contributed by atoms with Crippen LogP contribution in [0.1, 0.15) is 24.8 Å². The summed E-state index contributed by atoms with van der Waals surface area (Å²) in [6.07, 6.45) is 2.19. The lowest BCUT2D eigenvalue weighted by atomic mass is 9.76. The molecule has 1 aliphatic carbocycles. The van der Waals surface area contributed by atoms with Crippen molar-refractivity contribution in [2.45, 2.75) is 31.3 Å². The molecule has 3 nitrogen and oxygen atoms in total. The maximum atomic E-state index is 13.1. The zero-order valence-electron chi connectivity index (χ0n) is 9.17. The van der Waals surface area contributed by atoms with Crippen LogP contribution in [-0.4, -0.2) is 16.6 Å². The van der Waals surface area contributed by atoms with Gasteiger partial charge in [-0.2, -0.15) is 0 Å². The molecule has 0 spiro atoms. The maximum absolute atomic E-state index is 13.1. The molecule has 0 atom stereocenters. The molecule has 5 heteroatoms. The summed E-state index contributed by atoms with van der Waals surface area (Å²) >= 11 is 3.32. The van der Waals surface area contributed by atoms with E-state index >= 15 is 0 Å². The van der Waals surface area contributed by atoms with Gasteiger partial charge in [-0.25, -0.2) is 4.39 Å². The third-order valence-electron chi connectivity index (χ3n) is 3.24. The molecular weight excluding hydrogens is 289 g/mol. The monoisotopic (exact) mass is 301 g/mol. The summed E-state index contributed by atoms with van der Waals surface area (Å²) in [5.74, 6) is -1.14. The zero-order valence-corrected chi connectivity index (χ0v) is 10.8. The minimum Gasteiger partial charge on any atom is -0.480 e. The fourth-order valence-electron chi connectivity index (χ4n) is 1.94. The van der Waals surface area contributed by atoms with Gasteiger partial charge in [0.25, 0.3) is 0 Å². The van der Waals surface area contributed by atoms with Crippen LogP contribution in [0.3, 0.4) is 0 Å². The molecule has 0 heterocycles. The van der Waals surface area contributed by atoms with Crippen molar-refractivity contribution in [3.8, 4) is 0 Å². The van der Waals surface area contributed by atoms with Crippen LogP contribution in [0.2, 0.25) is 0 Å². The molecule has 0 unspecified atom stereocenters. The average molecular weight is 302 g/mol. The normalized spacial score (nSPS) is 17.5. The van der Waals surface area contributed by atoms with E-state index in [0.29, 0.717) is 19.4 Å². The summed E-state index contributed by atoms with van der Waals surface area (Å²) in [5, 5.41) is 12.2. The van der Waals surface area contributed by atoms with Crippen LogP contribution in [0.15, 0.2) is 22.7 Å². The number of aliphatic carboxylic acids is 1. The molecule has 17 heavy (non-hydrogen) atoms. The number of carbonyl (C=O) groups is 1. The van der Waals surface area contributed by atoms with Gasteiger partial charge in [-0.05, 0) is 43.0 Å². The molecule has 2 rings (SSSR count). The van der Waals surface area contributed by atoms with Crippen LogP contribution in [0, 0.1) is 5.82 Å². The number of hydrogen-bond donors (Lipinski definition) is 2. The highest BCUT2D eigenvalue weighted by Crippen LogP contribution is 2.32. The van der Waals surface area contributed by atoms with Gasteiger partial charge in [0.05, 0.1) is 0 Å². The Balaban J connectivity index is 2.07. The Morgan fingerprint density at radius 1 is 1.53 bits per heavy atom. The summed E-state index contributed by atoms with van der Waals surface area (Å²) in [6.45, 7) is 0.352.